The molecule has 2 fully saturated rings. The van der Waals surface area contributed by atoms with Crippen LogP contribution in [-0.2, 0) is 14.3 Å². The number of ether oxygens (including phenoxy) is 2. The number of fused-ring (bicyclic) bond motifs is 2. The zero-order chi connectivity index (χ0) is 20.5. The molecule has 0 saturated carbocycles. The highest BCUT2D eigenvalue weighted by Gasteiger charge is 2.50. The number of hydrogen-bond acceptors (Lipinski definition) is 4. The summed E-state index contributed by atoms with van der Waals surface area (Å²) in [5.41, 5.74) is 1.98. The lowest BCUT2D eigenvalue weighted by Crippen LogP contribution is -2.53. The number of hydrogen-bond donors (Lipinski definition) is 0. The number of benzene rings is 2. The third-order valence-corrected chi connectivity index (χ3v) is 6.85. The number of carbonyl (C=O) groups is 1. The molecular weight excluding hydrogens is 409 g/mol. The fraction of sp³-hybridized carbons (Fsp3) is 0.435. The summed E-state index contributed by atoms with van der Waals surface area (Å²) in [6.07, 6.45) is 2.36. The molecule has 2 heterocycles. The van der Waals surface area contributed by atoms with Crippen molar-refractivity contribution in [2.45, 2.75) is 43.6 Å². The van der Waals surface area contributed by atoms with Gasteiger partial charge in [0, 0.05) is 22.1 Å². The highest BCUT2D eigenvalue weighted by atomic mass is 35.5. The van der Waals surface area contributed by atoms with Gasteiger partial charge in [-0.05, 0) is 61.7 Å². The number of rotatable bonds is 5. The van der Waals surface area contributed by atoms with E-state index < -0.39 is 0 Å². The summed E-state index contributed by atoms with van der Waals surface area (Å²) in [6, 6.07) is 15.9. The van der Waals surface area contributed by atoms with Crippen molar-refractivity contribution in [2.75, 3.05) is 14.2 Å². The summed E-state index contributed by atoms with van der Waals surface area (Å²) in [5, 5.41) is 1.35. The first kappa shape index (κ1) is 20.7. The van der Waals surface area contributed by atoms with E-state index in [1.165, 1.54) is 7.11 Å². The average Bonchev–Trinajstić information content (AvgIpc) is 2.96. The van der Waals surface area contributed by atoms with Crippen molar-refractivity contribution < 1.29 is 14.3 Å². The van der Waals surface area contributed by atoms with Crippen molar-refractivity contribution in [3.63, 3.8) is 0 Å². The van der Waals surface area contributed by atoms with E-state index in [9.17, 15) is 4.79 Å². The van der Waals surface area contributed by atoms with Crippen LogP contribution in [0, 0.1) is 5.92 Å². The molecule has 0 spiro atoms. The van der Waals surface area contributed by atoms with Gasteiger partial charge in [-0.2, -0.15) is 0 Å². The van der Waals surface area contributed by atoms with Crippen molar-refractivity contribution in [1.29, 1.82) is 0 Å². The van der Waals surface area contributed by atoms with Gasteiger partial charge >= 0.3 is 5.97 Å². The average molecular weight is 434 g/mol. The molecule has 2 aromatic carbocycles. The van der Waals surface area contributed by atoms with Gasteiger partial charge < -0.3 is 9.47 Å². The summed E-state index contributed by atoms with van der Waals surface area (Å²) in [5.74, 6) is -0.496. The molecule has 6 heteroatoms. The van der Waals surface area contributed by atoms with Gasteiger partial charge in [-0.15, -0.1) is 0 Å². The van der Waals surface area contributed by atoms with E-state index in [-0.39, 0.29) is 30.1 Å². The number of methoxy groups -OCH3 is 1. The predicted octanol–water partition coefficient (Wildman–Crippen LogP) is 5.12. The van der Waals surface area contributed by atoms with E-state index in [1.54, 1.807) is 0 Å². The standard InChI is InChI=1S/C23H25Cl2NO3/c1-26-18-11-12-19(26)21(23(27)28-2)20(13-18)29-22(14-3-7-16(24)8-4-14)15-5-9-17(25)10-6-15/h3-10,18-22H,11-13H2,1-2H3/t18?,19?,20-,21?/m0/s1. The molecule has 2 saturated heterocycles. The van der Waals surface area contributed by atoms with Gasteiger partial charge in [0.05, 0.1) is 19.1 Å². The summed E-state index contributed by atoms with van der Waals surface area (Å²) >= 11 is 12.2. The maximum atomic E-state index is 12.7. The Morgan fingerprint density at radius 3 is 2.07 bits per heavy atom. The molecule has 2 aliphatic heterocycles. The second-order valence-electron chi connectivity index (χ2n) is 7.91. The lowest BCUT2D eigenvalue weighted by molar-refractivity contribution is -0.162. The van der Waals surface area contributed by atoms with E-state index in [0.29, 0.717) is 16.1 Å². The van der Waals surface area contributed by atoms with Crippen molar-refractivity contribution in [3.8, 4) is 0 Å². The number of nitrogens with zero attached hydrogens (tertiary/aromatic N) is 1. The monoisotopic (exact) mass is 433 g/mol. The van der Waals surface area contributed by atoms with E-state index in [2.05, 4.69) is 11.9 Å². The van der Waals surface area contributed by atoms with Crippen LogP contribution in [0.5, 0.6) is 0 Å². The fourth-order valence-corrected chi connectivity index (χ4v) is 5.06. The van der Waals surface area contributed by atoms with Crippen molar-refractivity contribution >= 4 is 29.2 Å². The van der Waals surface area contributed by atoms with Gasteiger partial charge in [-0.25, -0.2) is 0 Å². The molecule has 4 nitrogen and oxygen atoms in total. The van der Waals surface area contributed by atoms with Crippen LogP contribution in [0.2, 0.25) is 10.0 Å². The maximum Gasteiger partial charge on any atom is 0.312 e. The van der Waals surface area contributed by atoms with Gasteiger partial charge in [-0.1, -0.05) is 47.5 Å². The van der Waals surface area contributed by atoms with Crippen molar-refractivity contribution in [2.24, 2.45) is 5.92 Å². The van der Waals surface area contributed by atoms with Gasteiger partial charge in [0.1, 0.15) is 6.10 Å². The highest BCUT2D eigenvalue weighted by molar-refractivity contribution is 6.30. The molecule has 4 rings (SSSR count). The minimum absolute atomic E-state index is 0.155. The smallest absolute Gasteiger partial charge is 0.312 e. The highest BCUT2D eigenvalue weighted by Crippen LogP contribution is 2.42. The summed E-state index contributed by atoms with van der Waals surface area (Å²) in [6.45, 7) is 0. The Morgan fingerprint density at radius 1 is 1.00 bits per heavy atom. The Morgan fingerprint density at radius 2 is 1.55 bits per heavy atom. The Labute approximate surface area is 181 Å². The Kier molecular flexibility index (Phi) is 6.16. The van der Waals surface area contributed by atoms with E-state index in [1.807, 2.05) is 48.5 Å². The molecular formula is C23H25Cl2NO3. The van der Waals surface area contributed by atoms with Gasteiger partial charge in [0.2, 0.25) is 0 Å². The lowest BCUT2D eigenvalue weighted by atomic mass is 9.87. The van der Waals surface area contributed by atoms with Crippen LogP contribution in [0.25, 0.3) is 0 Å². The Balaban J connectivity index is 1.68. The number of halogens is 2. The fourth-order valence-electron chi connectivity index (χ4n) is 4.81. The second kappa shape index (κ2) is 8.65. The molecule has 0 amide bonds. The van der Waals surface area contributed by atoms with Gasteiger partial charge in [-0.3, -0.25) is 9.69 Å². The molecule has 2 aliphatic rings. The second-order valence-corrected chi connectivity index (χ2v) is 8.78. The summed E-state index contributed by atoms with van der Waals surface area (Å²) < 4.78 is 11.9. The molecule has 2 bridgehead atoms. The van der Waals surface area contributed by atoms with Crippen molar-refractivity contribution in [3.05, 3.63) is 69.7 Å². The topological polar surface area (TPSA) is 38.8 Å². The van der Waals surface area contributed by atoms with Crippen LogP contribution in [0.15, 0.2) is 48.5 Å². The molecule has 0 aliphatic carbocycles. The first-order chi connectivity index (χ1) is 14.0. The van der Waals surface area contributed by atoms with Gasteiger partial charge in [0.15, 0.2) is 0 Å². The van der Waals surface area contributed by atoms with E-state index >= 15 is 0 Å². The van der Waals surface area contributed by atoms with Gasteiger partial charge in [0.25, 0.3) is 0 Å². The number of piperidine rings is 1. The minimum atomic E-state index is -0.315. The molecule has 3 unspecified atom stereocenters. The SMILES string of the molecule is COC(=O)C1C2CCC(C[C@@H]1OC(c1ccc(Cl)cc1)c1ccc(Cl)cc1)N2C. The quantitative estimate of drug-likeness (QED) is 0.613. The minimum Gasteiger partial charge on any atom is -0.469 e. The normalized spacial score (nSPS) is 26.7. The molecule has 0 N–H and O–H groups in total. The summed E-state index contributed by atoms with van der Waals surface area (Å²) in [4.78, 5) is 15.0. The molecule has 4 atom stereocenters. The number of carbonyl (C=O) groups excluding carboxylic acids is 1. The summed E-state index contributed by atoms with van der Waals surface area (Å²) in [7, 11) is 3.56. The Hall–Kier alpha value is -1.59. The van der Waals surface area contributed by atoms with Crippen LogP contribution in [-0.4, -0.2) is 43.2 Å². The molecule has 154 valence electrons. The van der Waals surface area contributed by atoms with Crippen LogP contribution >= 0.6 is 23.2 Å². The molecule has 0 radical (unpaired) electrons. The first-order valence-electron chi connectivity index (χ1n) is 9.94. The maximum absolute atomic E-state index is 12.7. The molecule has 29 heavy (non-hydrogen) atoms. The zero-order valence-electron chi connectivity index (χ0n) is 16.6. The van der Waals surface area contributed by atoms with E-state index in [4.69, 9.17) is 32.7 Å². The van der Waals surface area contributed by atoms with Crippen LogP contribution in [0.3, 0.4) is 0 Å². The number of esters is 1. The molecule has 2 aromatic rings. The third kappa shape index (κ3) is 4.17. The molecule has 0 aromatic heterocycles. The third-order valence-electron chi connectivity index (χ3n) is 6.34. The lowest BCUT2D eigenvalue weighted by Gasteiger charge is -2.42. The van der Waals surface area contributed by atoms with E-state index in [0.717, 1.165) is 30.4 Å². The van der Waals surface area contributed by atoms with Crippen molar-refractivity contribution in [1.82, 2.24) is 4.90 Å². The first-order valence-corrected chi connectivity index (χ1v) is 10.7. The zero-order valence-corrected chi connectivity index (χ0v) is 18.1. The van der Waals surface area contributed by atoms with Crippen LogP contribution < -0.4 is 0 Å². The predicted molar refractivity (Wildman–Crippen MR) is 114 cm³/mol. The largest absolute Gasteiger partial charge is 0.469 e. The Bertz CT molecular complexity index is 810. The van der Waals surface area contributed by atoms with Crippen LogP contribution in [0.4, 0.5) is 0 Å². The van der Waals surface area contributed by atoms with Crippen LogP contribution in [0.1, 0.15) is 36.5 Å².